The maximum Gasteiger partial charge on any atom is 0.335 e. The lowest BCUT2D eigenvalue weighted by Gasteiger charge is -2.08. The average molecular weight is 312 g/mol. The zero-order chi connectivity index (χ0) is 15.7. The predicted octanol–water partition coefficient (Wildman–Crippen LogP) is 2.81. The molecule has 110 valence electrons. The van der Waals surface area contributed by atoms with Crippen LogP contribution in [0.2, 0.25) is 0 Å². The number of hydrogen-bond acceptors (Lipinski definition) is 3. The second kappa shape index (κ2) is 5.57. The second-order valence-corrected chi connectivity index (χ2v) is 5.26. The Bertz CT molecular complexity index is 974. The normalized spacial score (nSPS) is 10.7. The Kier molecular flexibility index (Phi) is 3.60. The van der Waals surface area contributed by atoms with Gasteiger partial charge in [-0.25, -0.2) is 4.79 Å². The van der Waals surface area contributed by atoms with Crippen molar-refractivity contribution in [3.05, 3.63) is 74.8 Å². The highest BCUT2D eigenvalue weighted by Gasteiger charge is 2.09. The van der Waals surface area contributed by atoms with Gasteiger partial charge in [-0.2, -0.15) is 0 Å². The van der Waals surface area contributed by atoms with Crippen LogP contribution in [0.25, 0.3) is 10.9 Å². The van der Waals surface area contributed by atoms with Gasteiger partial charge in [0.25, 0.3) is 5.56 Å². The number of carboxylic acids is 1. The Labute approximate surface area is 130 Å². The third-order valence-corrected chi connectivity index (χ3v) is 3.73. The van der Waals surface area contributed by atoms with E-state index in [4.69, 9.17) is 17.3 Å². The number of hydrogen-bond donors (Lipinski definition) is 2. The van der Waals surface area contributed by atoms with Crippen LogP contribution in [0.3, 0.4) is 0 Å². The number of rotatable bonds is 3. The first-order valence-corrected chi connectivity index (χ1v) is 7.01. The monoisotopic (exact) mass is 312 g/mol. The van der Waals surface area contributed by atoms with Crippen molar-refractivity contribution in [2.24, 2.45) is 0 Å². The van der Waals surface area contributed by atoms with E-state index in [1.54, 1.807) is 0 Å². The van der Waals surface area contributed by atoms with Gasteiger partial charge in [-0.1, -0.05) is 30.3 Å². The number of nitrogens with zero attached hydrogens (tertiary/aromatic N) is 1. The van der Waals surface area contributed by atoms with E-state index < -0.39 is 5.97 Å². The van der Waals surface area contributed by atoms with Crippen molar-refractivity contribution < 1.29 is 9.90 Å². The molecule has 0 unspecified atom stereocenters. The van der Waals surface area contributed by atoms with Crippen LogP contribution in [0.5, 0.6) is 0 Å². The lowest BCUT2D eigenvalue weighted by molar-refractivity contribution is 0.0697. The first kappa shape index (κ1) is 14.2. The fraction of sp³-hybridized carbons (Fsp3) is 0.0625. The van der Waals surface area contributed by atoms with Gasteiger partial charge in [-0.3, -0.25) is 9.36 Å². The summed E-state index contributed by atoms with van der Waals surface area (Å²) in [5, 5.41) is 9.42. The van der Waals surface area contributed by atoms with E-state index in [2.05, 4.69) is 4.98 Å². The van der Waals surface area contributed by atoms with Crippen molar-refractivity contribution >= 4 is 29.1 Å². The first-order chi connectivity index (χ1) is 10.6. The summed E-state index contributed by atoms with van der Waals surface area (Å²) in [6, 6.07) is 13.9. The van der Waals surface area contributed by atoms with Gasteiger partial charge >= 0.3 is 5.97 Å². The molecular weight excluding hydrogens is 300 g/mol. The van der Waals surface area contributed by atoms with E-state index in [9.17, 15) is 9.59 Å². The quantitative estimate of drug-likeness (QED) is 0.729. The van der Waals surface area contributed by atoms with Crippen LogP contribution in [0, 0.1) is 4.77 Å². The van der Waals surface area contributed by atoms with Crippen LogP contribution < -0.4 is 5.56 Å². The van der Waals surface area contributed by atoms with Gasteiger partial charge in [-0.05, 0) is 36.0 Å². The van der Waals surface area contributed by atoms with E-state index in [-0.39, 0.29) is 15.9 Å². The maximum absolute atomic E-state index is 12.6. The summed E-state index contributed by atoms with van der Waals surface area (Å²) in [5.41, 5.74) is 1.27. The molecule has 2 N–H and O–H groups in total. The molecule has 3 rings (SSSR count). The fourth-order valence-electron chi connectivity index (χ4n) is 2.30. The highest BCUT2D eigenvalue weighted by Crippen LogP contribution is 2.11. The predicted molar refractivity (Wildman–Crippen MR) is 85.9 cm³/mol. The molecule has 0 radical (unpaired) electrons. The summed E-state index contributed by atoms with van der Waals surface area (Å²) in [6.45, 7) is 0.367. The molecule has 0 aliphatic carbocycles. The number of aromatic nitrogens is 2. The van der Waals surface area contributed by atoms with Crippen molar-refractivity contribution in [2.45, 2.75) is 6.54 Å². The maximum atomic E-state index is 12.6. The number of carboxylic acid groups (broad SMARTS) is 1. The van der Waals surface area contributed by atoms with Crippen LogP contribution in [0.1, 0.15) is 15.9 Å². The van der Waals surface area contributed by atoms with Gasteiger partial charge in [0.1, 0.15) is 0 Å². The van der Waals surface area contributed by atoms with E-state index in [1.807, 2.05) is 30.3 Å². The number of aromatic amines is 1. The lowest BCUT2D eigenvalue weighted by Crippen LogP contribution is -2.23. The van der Waals surface area contributed by atoms with Gasteiger partial charge in [0.2, 0.25) is 0 Å². The summed E-state index contributed by atoms with van der Waals surface area (Å²) >= 11 is 5.24. The molecule has 2 aromatic carbocycles. The third kappa shape index (κ3) is 2.56. The molecule has 5 nitrogen and oxygen atoms in total. The van der Waals surface area contributed by atoms with Crippen molar-refractivity contribution in [1.29, 1.82) is 0 Å². The molecule has 1 aromatic heterocycles. The van der Waals surface area contributed by atoms with Crippen LogP contribution >= 0.6 is 12.2 Å². The van der Waals surface area contributed by atoms with Crippen molar-refractivity contribution in [1.82, 2.24) is 9.55 Å². The molecule has 0 fully saturated rings. The van der Waals surface area contributed by atoms with Gasteiger partial charge in [0, 0.05) is 0 Å². The molecule has 3 aromatic rings. The Morgan fingerprint density at radius 3 is 2.59 bits per heavy atom. The van der Waals surface area contributed by atoms with Crippen LogP contribution in [0.4, 0.5) is 0 Å². The zero-order valence-corrected chi connectivity index (χ0v) is 12.3. The molecule has 0 aliphatic heterocycles. The zero-order valence-electron chi connectivity index (χ0n) is 11.4. The molecule has 0 atom stereocenters. The van der Waals surface area contributed by atoms with Gasteiger partial charge in [-0.15, -0.1) is 0 Å². The summed E-state index contributed by atoms with van der Waals surface area (Å²) in [4.78, 5) is 26.5. The van der Waals surface area contributed by atoms with E-state index in [0.29, 0.717) is 17.4 Å². The highest BCUT2D eigenvalue weighted by molar-refractivity contribution is 7.71. The minimum Gasteiger partial charge on any atom is -0.478 e. The largest absolute Gasteiger partial charge is 0.478 e. The van der Waals surface area contributed by atoms with Crippen LogP contribution in [0.15, 0.2) is 53.3 Å². The fourth-order valence-corrected chi connectivity index (χ4v) is 2.55. The summed E-state index contributed by atoms with van der Waals surface area (Å²) in [6.07, 6.45) is 0. The van der Waals surface area contributed by atoms with E-state index in [0.717, 1.165) is 5.56 Å². The smallest absolute Gasteiger partial charge is 0.335 e. The topological polar surface area (TPSA) is 75.1 Å². The van der Waals surface area contributed by atoms with Crippen molar-refractivity contribution in [3.8, 4) is 0 Å². The molecule has 0 saturated heterocycles. The van der Waals surface area contributed by atoms with E-state index in [1.165, 1.54) is 22.8 Å². The van der Waals surface area contributed by atoms with Crippen LogP contribution in [-0.2, 0) is 6.54 Å². The average Bonchev–Trinajstić information content (AvgIpc) is 2.52. The standard InChI is InChI=1S/C16H12N2O3S/c19-14-12-7-6-11(15(20)21)8-13(12)17-16(22)18(14)9-10-4-2-1-3-5-10/h1-8H,9H2,(H,17,22)(H,20,21). The molecule has 0 amide bonds. The SMILES string of the molecule is O=C(O)c1ccc2c(=O)n(Cc3ccccc3)c(=S)[nH]c2c1. The molecule has 0 saturated carbocycles. The number of aromatic carboxylic acids is 1. The van der Waals surface area contributed by atoms with Gasteiger partial charge in [0.15, 0.2) is 4.77 Å². The van der Waals surface area contributed by atoms with Crippen molar-refractivity contribution in [2.75, 3.05) is 0 Å². The van der Waals surface area contributed by atoms with Crippen LogP contribution in [-0.4, -0.2) is 20.6 Å². The Hall–Kier alpha value is -2.73. The number of carbonyl (C=O) groups is 1. The molecule has 1 heterocycles. The molecular formula is C16H12N2O3S. The number of nitrogens with one attached hydrogen (secondary N) is 1. The third-order valence-electron chi connectivity index (χ3n) is 3.41. The Balaban J connectivity index is 2.17. The minimum absolute atomic E-state index is 0.110. The molecule has 6 heteroatoms. The molecule has 0 spiro atoms. The molecule has 22 heavy (non-hydrogen) atoms. The Morgan fingerprint density at radius 1 is 1.18 bits per heavy atom. The highest BCUT2D eigenvalue weighted by atomic mass is 32.1. The van der Waals surface area contributed by atoms with Gasteiger partial charge in [0.05, 0.1) is 23.0 Å². The first-order valence-electron chi connectivity index (χ1n) is 6.60. The molecule has 0 bridgehead atoms. The number of benzene rings is 2. The summed E-state index contributed by atoms with van der Waals surface area (Å²) < 4.78 is 1.73. The number of H-pyrrole nitrogens is 1. The minimum atomic E-state index is -1.05. The molecule has 0 aliphatic rings. The second-order valence-electron chi connectivity index (χ2n) is 4.87. The van der Waals surface area contributed by atoms with Gasteiger partial charge < -0.3 is 10.1 Å². The lowest BCUT2D eigenvalue weighted by atomic mass is 10.1. The van der Waals surface area contributed by atoms with E-state index >= 15 is 0 Å². The number of fused-ring (bicyclic) bond motifs is 1. The van der Waals surface area contributed by atoms with Crippen molar-refractivity contribution in [3.63, 3.8) is 0 Å². The summed E-state index contributed by atoms with van der Waals surface area (Å²) in [5.74, 6) is -1.05. The summed E-state index contributed by atoms with van der Waals surface area (Å²) in [7, 11) is 0. The Morgan fingerprint density at radius 2 is 1.91 bits per heavy atom.